The van der Waals surface area contributed by atoms with E-state index < -0.39 is 0 Å². The van der Waals surface area contributed by atoms with Gasteiger partial charge in [-0.2, -0.15) is 0 Å². The number of hydrogen-bond acceptors (Lipinski definition) is 2. The van der Waals surface area contributed by atoms with Crippen LogP contribution in [0.25, 0.3) is 5.70 Å². The molecule has 0 radical (unpaired) electrons. The lowest BCUT2D eigenvalue weighted by Gasteiger charge is -2.24. The van der Waals surface area contributed by atoms with Gasteiger partial charge in [-0.3, -0.25) is 10.0 Å². The molecule has 1 aromatic carbocycles. The number of fused-ring (bicyclic) bond motifs is 1. The van der Waals surface area contributed by atoms with E-state index in [1.807, 2.05) is 6.08 Å². The second-order valence-corrected chi connectivity index (χ2v) is 3.80. The van der Waals surface area contributed by atoms with Crippen LogP contribution >= 0.6 is 0 Å². The molecule has 1 aromatic rings. The molecule has 1 heterocycles. The Labute approximate surface area is 91.1 Å². The average Bonchev–Trinajstić information content (AvgIpc) is 2.46. The van der Waals surface area contributed by atoms with Gasteiger partial charge in [0.05, 0.1) is 11.4 Å². The van der Waals surface area contributed by atoms with Gasteiger partial charge < -0.3 is 0 Å². The molecule has 0 bridgehead atoms. The van der Waals surface area contributed by atoms with E-state index in [1.54, 1.807) is 0 Å². The zero-order chi connectivity index (χ0) is 11.0. The van der Waals surface area contributed by atoms with E-state index in [2.05, 4.69) is 61.9 Å². The quantitative estimate of drug-likeness (QED) is 0.687. The van der Waals surface area contributed by atoms with Crippen LogP contribution in [0.2, 0.25) is 0 Å². The molecule has 2 rings (SSSR count). The number of allylic oxidation sites excluding steroid dienone is 2. The zero-order valence-electron chi connectivity index (χ0n) is 9.49. The fourth-order valence-electron chi connectivity index (χ4n) is 2.04. The minimum Gasteiger partial charge on any atom is -0.288 e. The number of hydrogen-bond donors (Lipinski definition) is 0. The Hall–Kier alpha value is -1.70. The molecule has 1 aliphatic heterocycles. The summed E-state index contributed by atoms with van der Waals surface area (Å²) in [5.41, 5.74) is 5.07. The third kappa shape index (κ3) is 1.33. The number of nitrogens with zero attached hydrogens (tertiary/aromatic N) is 2. The van der Waals surface area contributed by atoms with E-state index >= 15 is 0 Å². The van der Waals surface area contributed by atoms with Gasteiger partial charge in [0.15, 0.2) is 0 Å². The van der Waals surface area contributed by atoms with Crippen molar-refractivity contribution in [3.63, 3.8) is 0 Å². The number of aryl methyl sites for hydroxylation is 1. The standard InChI is InChI=1S/C13H16N2/c1-5-7-11-13-10(2)8-6-9-12(13)15(4)14(11)3/h5-9H,1H2,2-4H3/b11-7+. The summed E-state index contributed by atoms with van der Waals surface area (Å²) >= 11 is 0. The van der Waals surface area contributed by atoms with E-state index in [1.165, 1.54) is 22.5 Å². The minimum atomic E-state index is 1.21. The maximum Gasteiger partial charge on any atom is 0.0667 e. The second-order valence-electron chi connectivity index (χ2n) is 3.80. The number of benzene rings is 1. The summed E-state index contributed by atoms with van der Waals surface area (Å²) in [7, 11) is 4.14. The van der Waals surface area contributed by atoms with Gasteiger partial charge in [-0.25, -0.2) is 0 Å². The van der Waals surface area contributed by atoms with Crippen molar-refractivity contribution >= 4 is 11.4 Å². The number of rotatable bonds is 1. The molecule has 15 heavy (non-hydrogen) atoms. The first kappa shape index (κ1) is 9.84. The van der Waals surface area contributed by atoms with Crippen LogP contribution in [0, 0.1) is 6.92 Å². The maximum atomic E-state index is 3.76. The maximum absolute atomic E-state index is 3.76. The third-order valence-corrected chi connectivity index (χ3v) is 2.93. The minimum absolute atomic E-state index is 1.21. The first-order chi connectivity index (χ1) is 7.16. The number of hydrazine groups is 1. The molecule has 2 heteroatoms. The fraction of sp³-hybridized carbons (Fsp3) is 0.231. The van der Waals surface area contributed by atoms with E-state index in [-0.39, 0.29) is 0 Å². The number of anilines is 1. The summed E-state index contributed by atoms with van der Waals surface area (Å²) in [4.78, 5) is 0. The van der Waals surface area contributed by atoms with Crippen molar-refractivity contribution in [2.45, 2.75) is 6.92 Å². The molecule has 0 spiro atoms. The van der Waals surface area contributed by atoms with Crippen LogP contribution in [-0.4, -0.2) is 19.1 Å². The third-order valence-electron chi connectivity index (χ3n) is 2.93. The van der Waals surface area contributed by atoms with E-state index in [4.69, 9.17) is 0 Å². The van der Waals surface area contributed by atoms with Gasteiger partial charge in [-0.15, -0.1) is 0 Å². The molecule has 0 unspecified atom stereocenters. The van der Waals surface area contributed by atoms with Gasteiger partial charge in [0.1, 0.15) is 0 Å². The molecule has 0 atom stereocenters. The largest absolute Gasteiger partial charge is 0.288 e. The van der Waals surface area contributed by atoms with Crippen LogP contribution in [0.15, 0.2) is 36.9 Å². The van der Waals surface area contributed by atoms with Crippen LogP contribution in [0.4, 0.5) is 5.69 Å². The smallest absolute Gasteiger partial charge is 0.0667 e. The Balaban J connectivity index is 2.67. The zero-order valence-corrected chi connectivity index (χ0v) is 9.49. The Morgan fingerprint density at radius 1 is 1.20 bits per heavy atom. The fourth-order valence-corrected chi connectivity index (χ4v) is 2.04. The molecule has 2 nitrogen and oxygen atoms in total. The van der Waals surface area contributed by atoms with Crippen molar-refractivity contribution in [3.8, 4) is 0 Å². The summed E-state index contributed by atoms with van der Waals surface area (Å²) < 4.78 is 0. The van der Waals surface area contributed by atoms with E-state index in [9.17, 15) is 0 Å². The van der Waals surface area contributed by atoms with Crippen molar-refractivity contribution in [1.82, 2.24) is 5.01 Å². The Kier molecular flexibility index (Phi) is 2.27. The van der Waals surface area contributed by atoms with Crippen molar-refractivity contribution < 1.29 is 0 Å². The van der Waals surface area contributed by atoms with E-state index in [0.29, 0.717) is 0 Å². The Morgan fingerprint density at radius 2 is 1.93 bits per heavy atom. The van der Waals surface area contributed by atoms with E-state index in [0.717, 1.165) is 0 Å². The highest BCUT2D eigenvalue weighted by atomic mass is 15.6. The Bertz CT molecular complexity index is 432. The molecule has 78 valence electrons. The first-order valence-corrected chi connectivity index (χ1v) is 5.07. The lowest BCUT2D eigenvalue weighted by molar-refractivity contribution is 0.488. The molecule has 0 aliphatic carbocycles. The molecule has 1 aliphatic rings. The SMILES string of the molecule is C=C/C=C1\c2c(C)cccc2N(C)N1C. The van der Waals surface area contributed by atoms with Gasteiger partial charge in [-0.1, -0.05) is 24.8 Å². The molecule has 0 saturated heterocycles. The molecular formula is C13H16N2. The molecular weight excluding hydrogens is 184 g/mol. The van der Waals surface area contributed by atoms with Crippen LogP contribution in [0.5, 0.6) is 0 Å². The Morgan fingerprint density at radius 3 is 2.60 bits per heavy atom. The van der Waals surface area contributed by atoms with Crippen molar-refractivity contribution in [2.75, 3.05) is 19.1 Å². The highest BCUT2D eigenvalue weighted by molar-refractivity contribution is 5.84. The lowest BCUT2D eigenvalue weighted by Crippen LogP contribution is -2.29. The second kappa shape index (κ2) is 3.46. The molecule has 0 N–H and O–H groups in total. The van der Waals surface area contributed by atoms with Gasteiger partial charge in [-0.05, 0) is 24.6 Å². The topological polar surface area (TPSA) is 6.48 Å². The predicted octanol–water partition coefficient (Wildman–Crippen LogP) is 2.82. The highest BCUT2D eigenvalue weighted by Crippen LogP contribution is 2.38. The summed E-state index contributed by atoms with van der Waals surface area (Å²) in [6, 6.07) is 6.38. The summed E-state index contributed by atoms with van der Waals surface area (Å²) in [6.07, 6.45) is 3.89. The van der Waals surface area contributed by atoms with Gasteiger partial charge in [0.25, 0.3) is 0 Å². The monoisotopic (exact) mass is 200 g/mol. The predicted molar refractivity (Wildman–Crippen MR) is 65.5 cm³/mol. The van der Waals surface area contributed by atoms with Crippen LogP contribution < -0.4 is 5.01 Å². The van der Waals surface area contributed by atoms with Crippen LogP contribution in [0.1, 0.15) is 11.1 Å². The average molecular weight is 200 g/mol. The van der Waals surface area contributed by atoms with Crippen LogP contribution in [0.3, 0.4) is 0 Å². The van der Waals surface area contributed by atoms with Crippen molar-refractivity contribution in [3.05, 3.63) is 48.1 Å². The van der Waals surface area contributed by atoms with Gasteiger partial charge in [0.2, 0.25) is 0 Å². The molecule has 0 saturated carbocycles. The first-order valence-electron chi connectivity index (χ1n) is 5.07. The molecule has 0 fully saturated rings. The highest BCUT2D eigenvalue weighted by Gasteiger charge is 2.26. The molecule has 0 aromatic heterocycles. The lowest BCUT2D eigenvalue weighted by atomic mass is 10.0. The summed E-state index contributed by atoms with van der Waals surface area (Å²) in [6.45, 7) is 5.91. The van der Waals surface area contributed by atoms with Crippen LogP contribution in [-0.2, 0) is 0 Å². The summed E-state index contributed by atoms with van der Waals surface area (Å²) in [5.74, 6) is 0. The van der Waals surface area contributed by atoms with Gasteiger partial charge >= 0.3 is 0 Å². The van der Waals surface area contributed by atoms with Gasteiger partial charge in [0, 0.05) is 19.7 Å². The van der Waals surface area contributed by atoms with Crippen molar-refractivity contribution in [2.24, 2.45) is 0 Å². The summed E-state index contributed by atoms with van der Waals surface area (Å²) in [5, 5.41) is 4.29. The normalized spacial score (nSPS) is 17.1. The molecule has 0 amide bonds. The van der Waals surface area contributed by atoms with Crippen molar-refractivity contribution in [1.29, 1.82) is 0 Å².